The monoisotopic (exact) mass is 458 g/mol. The van der Waals surface area contributed by atoms with Gasteiger partial charge in [-0.1, -0.05) is 21.6 Å². The number of halogens is 3. The van der Waals surface area contributed by atoms with Crippen molar-refractivity contribution in [3.8, 4) is 5.75 Å². The maximum Gasteiger partial charge on any atom is 0.490 e. The van der Waals surface area contributed by atoms with Crippen LogP contribution in [0.5, 0.6) is 5.75 Å². The third-order valence-electron chi connectivity index (χ3n) is 2.54. The Morgan fingerprint density at radius 3 is 2.21 bits per heavy atom. The molecule has 0 aliphatic carbocycles. The molecule has 164 valence electrons. The van der Waals surface area contributed by atoms with E-state index < -0.39 is 18.1 Å². The quantitative estimate of drug-likeness (QED) is 0.358. The van der Waals surface area contributed by atoms with E-state index in [4.69, 9.17) is 19.7 Å². The summed E-state index contributed by atoms with van der Waals surface area (Å²) in [5.74, 6) is -1.87. The van der Waals surface area contributed by atoms with Crippen LogP contribution in [0.2, 0.25) is 0 Å². The number of hydrogen-bond donors (Lipinski definition) is 3. The number of aromatic nitrogens is 1. The fourth-order valence-electron chi connectivity index (χ4n) is 1.40. The Kier molecular flexibility index (Phi) is 12.9. The molecule has 0 spiro atoms. The molecule has 1 aromatic heterocycles. The van der Waals surface area contributed by atoms with Crippen LogP contribution in [0.4, 0.5) is 13.2 Å². The molecule has 0 radical (unpaired) electrons. The van der Waals surface area contributed by atoms with Crippen molar-refractivity contribution in [2.75, 3.05) is 18.1 Å². The molecule has 0 atom stereocenters. The predicted octanol–water partition coefficient (Wildman–Crippen LogP) is 3.09. The van der Waals surface area contributed by atoms with Gasteiger partial charge in [-0.05, 0) is 26.0 Å². The molecule has 1 aromatic rings. The number of hydrogen-bond acceptors (Lipinski definition) is 7. The molecule has 1 amide bonds. The topological polar surface area (TPSA) is 126 Å². The number of amides is 1. The van der Waals surface area contributed by atoms with Crippen LogP contribution in [0, 0.1) is 0 Å². The van der Waals surface area contributed by atoms with Gasteiger partial charge in [0, 0.05) is 18.1 Å². The second kappa shape index (κ2) is 13.9. The van der Waals surface area contributed by atoms with Gasteiger partial charge in [0.15, 0.2) is 0 Å². The van der Waals surface area contributed by atoms with Crippen molar-refractivity contribution in [2.45, 2.75) is 32.5 Å². The van der Waals surface area contributed by atoms with Crippen LogP contribution in [0.15, 0.2) is 18.3 Å². The summed E-state index contributed by atoms with van der Waals surface area (Å²) in [6, 6.07) is 3.35. The molecule has 0 fully saturated rings. The number of carboxylic acids is 2. The molecule has 0 aliphatic heterocycles. The van der Waals surface area contributed by atoms with Gasteiger partial charge in [-0.25, -0.2) is 9.78 Å². The molecule has 0 saturated heterocycles. The molecule has 1 heterocycles. The van der Waals surface area contributed by atoms with Crippen molar-refractivity contribution < 1.29 is 42.5 Å². The summed E-state index contributed by atoms with van der Waals surface area (Å²) < 4.78 is 37.2. The minimum absolute atomic E-state index is 0.0668. The highest BCUT2D eigenvalue weighted by atomic mass is 33.1. The number of alkyl halides is 3. The third kappa shape index (κ3) is 14.5. The molecule has 3 N–H and O–H groups in total. The molecule has 0 bridgehead atoms. The average Bonchev–Trinajstić information content (AvgIpc) is 2.60. The van der Waals surface area contributed by atoms with Crippen LogP contribution in [0.1, 0.15) is 30.8 Å². The Bertz CT molecular complexity index is 657. The van der Waals surface area contributed by atoms with Gasteiger partial charge >= 0.3 is 18.1 Å². The summed E-state index contributed by atoms with van der Waals surface area (Å²) in [4.78, 5) is 35.1. The zero-order valence-electron chi connectivity index (χ0n) is 15.6. The van der Waals surface area contributed by atoms with Crippen LogP contribution < -0.4 is 10.1 Å². The van der Waals surface area contributed by atoms with Gasteiger partial charge in [0.25, 0.3) is 5.91 Å². The first kappa shape index (κ1) is 26.9. The summed E-state index contributed by atoms with van der Waals surface area (Å²) in [5, 5.41) is 18.4. The van der Waals surface area contributed by atoms with Gasteiger partial charge in [0.1, 0.15) is 11.4 Å². The first-order valence-electron chi connectivity index (χ1n) is 8.10. The lowest BCUT2D eigenvalue weighted by molar-refractivity contribution is -0.192. The van der Waals surface area contributed by atoms with E-state index in [-0.39, 0.29) is 18.4 Å². The highest BCUT2D eigenvalue weighted by molar-refractivity contribution is 8.76. The number of carbonyl (C=O) groups is 3. The van der Waals surface area contributed by atoms with Gasteiger partial charge in [-0.2, -0.15) is 13.2 Å². The van der Waals surface area contributed by atoms with Gasteiger partial charge in [-0.15, -0.1) is 0 Å². The number of pyridine rings is 1. The van der Waals surface area contributed by atoms with Crippen molar-refractivity contribution in [1.82, 2.24) is 10.3 Å². The minimum atomic E-state index is -5.08. The lowest BCUT2D eigenvalue weighted by Gasteiger charge is -2.09. The number of carboxylic acid groups (broad SMARTS) is 2. The molecule has 0 saturated carbocycles. The van der Waals surface area contributed by atoms with Crippen molar-refractivity contribution in [1.29, 1.82) is 0 Å². The van der Waals surface area contributed by atoms with Gasteiger partial charge in [-0.3, -0.25) is 9.59 Å². The second-order valence-electron chi connectivity index (χ2n) is 5.39. The standard InChI is InChI=1S/C14H20N2O4S2.C2HF3O2/c1-10(2)20-11-3-4-12(16-9-11)14(19)15-6-8-22-21-7-5-13(17)18;3-2(4,5)1(6)7/h3-4,9-10H,5-8H2,1-2H3,(H,15,19)(H,17,18);(H,6,7). The Balaban J connectivity index is 0.000000956. The van der Waals surface area contributed by atoms with Crippen LogP contribution in [0.3, 0.4) is 0 Å². The normalized spacial score (nSPS) is 10.7. The molecule has 29 heavy (non-hydrogen) atoms. The van der Waals surface area contributed by atoms with E-state index in [0.29, 0.717) is 29.5 Å². The molecular weight excluding hydrogens is 437 g/mol. The lowest BCUT2D eigenvalue weighted by Crippen LogP contribution is -2.26. The zero-order valence-corrected chi connectivity index (χ0v) is 17.2. The maximum absolute atomic E-state index is 11.8. The van der Waals surface area contributed by atoms with Gasteiger partial charge < -0.3 is 20.3 Å². The Morgan fingerprint density at radius 1 is 1.17 bits per heavy atom. The zero-order chi connectivity index (χ0) is 22.4. The smallest absolute Gasteiger partial charge is 0.489 e. The molecular formula is C16H21F3N2O6S2. The van der Waals surface area contributed by atoms with Crippen molar-refractivity contribution in [3.05, 3.63) is 24.0 Å². The van der Waals surface area contributed by atoms with Crippen molar-refractivity contribution >= 4 is 39.4 Å². The minimum Gasteiger partial charge on any atom is -0.489 e. The highest BCUT2D eigenvalue weighted by Crippen LogP contribution is 2.21. The summed E-state index contributed by atoms with van der Waals surface area (Å²) in [5.41, 5.74) is 0.347. The number of rotatable bonds is 10. The van der Waals surface area contributed by atoms with E-state index in [9.17, 15) is 22.8 Å². The number of ether oxygens (including phenoxy) is 1. The largest absolute Gasteiger partial charge is 0.490 e. The van der Waals surface area contributed by atoms with Crippen molar-refractivity contribution in [3.63, 3.8) is 0 Å². The first-order valence-corrected chi connectivity index (χ1v) is 10.6. The van der Waals surface area contributed by atoms with Crippen LogP contribution >= 0.6 is 21.6 Å². The molecule has 8 nitrogen and oxygen atoms in total. The maximum atomic E-state index is 11.8. The molecule has 1 rings (SSSR count). The summed E-state index contributed by atoms with van der Waals surface area (Å²) in [6.07, 6.45) is -3.33. The molecule has 0 aromatic carbocycles. The SMILES string of the molecule is CC(C)Oc1ccc(C(=O)NCCSSCCC(=O)O)nc1.O=C(O)C(F)(F)F. The van der Waals surface area contributed by atoms with E-state index in [2.05, 4.69) is 10.3 Å². The van der Waals surface area contributed by atoms with E-state index in [1.165, 1.54) is 27.8 Å². The summed E-state index contributed by atoms with van der Waals surface area (Å²) >= 11 is 0. The van der Waals surface area contributed by atoms with E-state index in [1.807, 2.05) is 13.8 Å². The number of carbonyl (C=O) groups excluding carboxylic acids is 1. The fraction of sp³-hybridized carbons (Fsp3) is 0.500. The summed E-state index contributed by atoms with van der Waals surface area (Å²) in [7, 11) is 3.03. The van der Waals surface area contributed by atoms with Gasteiger partial charge in [0.05, 0.1) is 18.7 Å². The van der Waals surface area contributed by atoms with E-state index >= 15 is 0 Å². The van der Waals surface area contributed by atoms with Crippen LogP contribution in [0.25, 0.3) is 0 Å². The molecule has 0 unspecified atom stereocenters. The molecule has 0 aliphatic rings. The fourth-order valence-corrected chi connectivity index (χ4v) is 3.29. The Hall–Kier alpha value is -2.15. The molecule has 13 heteroatoms. The van der Waals surface area contributed by atoms with E-state index in [1.54, 1.807) is 12.1 Å². The number of nitrogens with zero attached hydrogens (tertiary/aromatic N) is 1. The number of aliphatic carboxylic acids is 2. The van der Waals surface area contributed by atoms with Crippen LogP contribution in [-0.4, -0.2) is 63.4 Å². The Morgan fingerprint density at radius 2 is 1.76 bits per heavy atom. The number of nitrogens with one attached hydrogen (secondary N) is 1. The lowest BCUT2D eigenvalue weighted by atomic mass is 10.3. The van der Waals surface area contributed by atoms with E-state index in [0.717, 1.165) is 0 Å². The van der Waals surface area contributed by atoms with Gasteiger partial charge in [0.2, 0.25) is 0 Å². The average molecular weight is 458 g/mol. The predicted molar refractivity (Wildman–Crippen MR) is 103 cm³/mol. The van der Waals surface area contributed by atoms with Crippen LogP contribution in [-0.2, 0) is 9.59 Å². The Labute approximate surface area is 173 Å². The van der Waals surface area contributed by atoms with Crippen molar-refractivity contribution in [2.24, 2.45) is 0 Å². The second-order valence-corrected chi connectivity index (χ2v) is 8.09. The third-order valence-corrected chi connectivity index (χ3v) is 4.95. The highest BCUT2D eigenvalue weighted by Gasteiger charge is 2.38. The first-order chi connectivity index (χ1) is 13.4. The summed E-state index contributed by atoms with van der Waals surface area (Å²) in [6.45, 7) is 4.36.